The lowest BCUT2D eigenvalue weighted by Gasteiger charge is -2.38. The number of halogens is 1. The lowest BCUT2D eigenvalue weighted by Crippen LogP contribution is -2.54. The van der Waals surface area contributed by atoms with E-state index in [0.717, 1.165) is 23.1 Å². The number of nitrogens with zero attached hydrogens (tertiary/aromatic N) is 5. The average molecular weight is 508 g/mol. The Morgan fingerprint density at radius 1 is 1.03 bits per heavy atom. The van der Waals surface area contributed by atoms with Crippen LogP contribution < -0.4 is 4.90 Å². The second-order valence-corrected chi connectivity index (χ2v) is 10.8. The molecule has 2 aromatic carbocycles. The molecule has 8 nitrogen and oxygen atoms in total. The third kappa shape index (κ3) is 4.99. The average Bonchev–Trinajstić information content (AvgIpc) is 3.49. The number of likely N-dealkylation sites (tertiary alicyclic amines) is 1. The molecule has 0 unspecified atom stereocenters. The molecule has 0 aliphatic carbocycles. The van der Waals surface area contributed by atoms with Crippen molar-refractivity contribution in [2.75, 3.05) is 37.6 Å². The van der Waals surface area contributed by atoms with Crippen molar-refractivity contribution in [3.63, 3.8) is 0 Å². The van der Waals surface area contributed by atoms with Gasteiger partial charge in [-0.05, 0) is 63.9 Å². The summed E-state index contributed by atoms with van der Waals surface area (Å²) in [6, 6.07) is 12.4. The number of aromatic nitrogens is 2. The topological polar surface area (TPSA) is 70.9 Å². The second-order valence-electron chi connectivity index (χ2n) is 10.8. The SMILES string of the molecule is Cn1c(-c2cc(N3CCN(C(=O)[C@@H]4CCCN4C(=O)OC(C)(C)C)CC3)ccc2F)nc2ccccc21. The quantitative estimate of drug-likeness (QED) is 0.525. The number of anilines is 1. The molecule has 2 amide bonds. The predicted octanol–water partition coefficient (Wildman–Crippen LogP) is 4.43. The van der Waals surface area contributed by atoms with Crippen molar-refractivity contribution < 1.29 is 18.7 Å². The molecule has 0 N–H and O–H groups in total. The van der Waals surface area contributed by atoms with E-state index < -0.39 is 17.7 Å². The smallest absolute Gasteiger partial charge is 0.410 e. The van der Waals surface area contributed by atoms with Crippen LogP contribution in [0.5, 0.6) is 0 Å². The van der Waals surface area contributed by atoms with E-state index in [2.05, 4.69) is 9.88 Å². The van der Waals surface area contributed by atoms with E-state index >= 15 is 0 Å². The number of hydrogen-bond donors (Lipinski definition) is 0. The van der Waals surface area contributed by atoms with Gasteiger partial charge >= 0.3 is 6.09 Å². The number of fused-ring (bicyclic) bond motifs is 1. The van der Waals surface area contributed by atoms with Gasteiger partial charge in [0.05, 0.1) is 16.6 Å². The molecule has 3 heterocycles. The van der Waals surface area contributed by atoms with Gasteiger partial charge in [0, 0.05) is 45.5 Å². The molecule has 37 heavy (non-hydrogen) atoms. The van der Waals surface area contributed by atoms with E-state index in [1.54, 1.807) is 11.0 Å². The van der Waals surface area contributed by atoms with E-state index in [1.807, 2.05) is 67.6 Å². The minimum Gasteiger partial charge on any atom is -0.444 e. The van der Waals surface area contributed by atoms with Crippen LogP contribution in [0.2, 0.25) is 0 Å². The minimum atomic E-state index is -0.603. The number of rotatable bonds is 3. The Kier molecular flexibility index (Phi) is 6.56. The normalized spacial score (nSPS) is 18.5. The molecule has 3 aromatic rings. The molecule has 196 valence electrons. The zero-order chi connectivity index (χ0) is 26.3. The molecule has 2 saturated heterocycles. The second kappa shape index (κ2) is 9.68. The van der Waals surface area contributed by atoms with Crippen LogP contribution >= 0.6 is 0 Å². The van der Waals surface area contributed by atoms with Crippen LogP contribution in [0.25, 0.3) is 22.4 Å². The van der Waals surface area contributed by atoms with Gasteiger partial charge in [-0.25, -0.2) is 14.2 Å². The zero-order valence-electron chi connectivity index (χ0n) is 21.9. The van der Waals surface area contributed by atoms with E-state index in [-0.39, 0.29) is 11.7 Å². The lowest BCUT2D eigenvalue weighted by molar-refractivity contribution is -0.136. The fourth-order valence-electron chi connectivity index (χ4n) is 5.23. The summed E-state index contributed by atoms with van der Waals surface area (Å²) in [6.07, 6.45) is 1.01. The van der Waals surface area contributed by atoms with Crippen LogP contribution in [0.4, 0.5) is 14.9 Å². The van der Waals surface area contributed by atoms with Crippen LogP contribution in [-0.2, 0) is 16.6 Å². The highest BCUT2D eigenvalue weighted by atomic mass is 19.1. The molecule has 1 atom stereocenters. The molecular weight excluding hydrogens is 473 g/mol. The zero-order valence-corrected chi connectivity index (χ0v) is 21.9. The van der Waals surface area contributed by atoms with Crippen molar-refractivity contribution in [1.82, 2.24) is 19.4 Å². The summed E-state index contributed by atoms with van der Waals surface area (Å²) in [7, 11) is 1.89. The summed E-state index contributed by atoms with van der Waals surface area (Å²) in [5, 5.41) is 0. The molecule has 0 radical (unpaired) electrons. The first-order valence-corrected chi connectivity index (χ1v) is 12.9. The van der Waals surface area contributed by atoms with Crippen LogP contribution in [0.3, 0.4) is 0 Å². The molecule has 0 bridgehead atoms. The number of benzene rings is 2. The van der Waals surface area contributed by atoms with Gasteiger partial charge in [0.15, 0.2) is 0 Å². The monoisotopic (exact) mass is 507 g/mol. The number of amides is 2. The predicted molar refractivity (Wildman–Crippen MR) is 141 cm³/mol. The van der Waals surface area contributed by atoms with Crippen LogP contribution in [0.15, 0.2) is 42.5 Å². The number of imidazole rings is 1. The maximum Gasteiger partial charge on any atom is 0.410 e. The van der Waals surface area contributed by atoms with Crippen molar-refractivity contribution in [1.29, 1.82) is 0 Å². The highest BCUT2D eigenvalue weighted by molar-refractivity contribution is 5.86. The maximum absolute atomic E-state index is 14.9. The van der Waals surface area contributed by atoms with Crippen molar-refractivity contribution in [3.05, 3.63) is 48.3 Å². The molecule has 9 heteroatoms. The molecule has 0 spiro atoms. The fourth-order valence-corrected chi connectivity index (χ4v) is 5.23. The van der Waals surface area contributed by atoms with E-state index in [4.69, 9.17) is 4.74 Å². The molecule has 5 rings (SSSR count). The molecule has 1 aromatic heterocycles. The Morgan fingerprint density at radius 3 is 2.46 bits per heavy atom. The standard InChI is InChI=1S/C28H34FN5O3/c1-28(2,3)37-27(36)34-13-7-10-24(34)26(35)33-16-14-32(15-17-33)19-11-12-21(29)20(18-19)25-30-22-8-5-6-9-23(22)31(25)4/h5-6,8-9,11-12,18,24H,7,10,13-17H2,1-4H3/t24-/m0/s1. The Morgan fingerprint density at radius 2 is 1.76 bits per heavy atom. The third-order valence-electron chi connectivity index (χ3n) is 7.10. The number of hydrogen-bond acceptors (Lipinski definition) is 5. The van der Waals surface area contributed by atoms with Crippen LogP contribution in [-0.4, -0.2) is 75.7 Å². The van der Waals surface area contributed by atoms with Gasteiger partial charge in [-0.1, -0.05) is 12.1 Å². The Bertz CT molecular complexity index is 1320. The van der Waals surface area contributed by atoms with Crippen molar-refractivity contribution in [2.45, 2.75) is 45.3 Å². The van der Waals surface area contributed by atoms with Crippen molar-refractivity contribution in [3.8, 4) is 11.4 Å². The fraction of sp³-hybridized carbons (Fsp3) is 0.464. The van der Waals surface area contributed by atoms with Crippen LogP contribution in [0.1, 0.15) is 33.6 Å². The Balaban J connectivity index is 1.28. The van der Waals surface area contributed by atoms with Gasteiger partial charge in [0.25, 0.3) is 0 Å². The number of ether oxygens (including phenoxy) is 1. The van der Waals surface area contributed by atoms with E-state index in [0.29, 0.717) is 50.5 Å². The van der Waals surface area contributed by atoms with Crippen molar-refractivity contribution in [2.24, 2.45) is 7.05 Å². The molecule has 0 saturated carbocycles. The number of carbonyl (C=O) groups excluding carboxylic acids is 2. The Labute approximate surface area is 216 Å². The number of carbonyl (C=O) groups is 2. The lowest BCUT2D eigenvalue weighted by atomic mass is 10.1. The number of aryl methyl sites for hydroxylation is 1. The summed E-state index contributed by atoms with van der Waals surface area (Å²) in [5.41, 5.74) is 2.51. The van der Waals surface area contributed by atoms with Gasteiger partial charge in [-0.3, -0.25) is 9.69 Å². The first-order valence-electron chi connectivity index (χ1n) is 12.9. The van der Waals surface area contributed by atoms with Gasteiger partial charge in [0.1, 0.15) is 23.3 Å². The van der Waals surface area contributed by atoms with Gasteiger partial charge in [-0.15, -0.1) is 0 Å². The third-order valence-corrected chi connectivity index (χ3v) is 7.10. The summed E-state index contributed by atoms with van der Waals surface area (Å²) in [4.78, 5) is 36.2. The summed E-state index contributed by atoms with van der Waals surface area (Å²) < 4.78 is 22.3. The first-order chi connectivity index (χ1) is 17.6. The minimum absolute atomic E-state index is 0.0255. The van der Waals surface area contributed by atoms with Crippen molar-refractivity contribution >= 4 is 28.7 Å². The molecule has 2 aliphatic rings. The number of para-hydroxylation sites is 2. The maximum atomic E-state index is 14.9. The van der Waals surface area contributed by atoms with Gasteiger partial charge < -0.3 is 19.1 Å². The highest BCUT2D eigenvalue weighted by Crippen LogP contribution is 2.30. The number of piperazine rings is 1. The molecular formula is C28H34FN5O3. The van der Waals surface area contributed by atoms with Crippen LogP contribution in [0, 0.1) is 5.82 Å². The summed E-state index contributed by atoms with van der Waals surface area (Å²) in [5.74, 6) is 0.236. The van der Waals surface area contributed by atoms with E-state index in [9.17, 15) is 14.0 Å². The summed E-state index contributed by atoms with van der Waals surface area (Å²) >= 11 is 0. The molecule has 2 aliphatic heterocycles. The van der Waals surface area contributed by atoms with Gasteiger partial charge in [0.2, 0.25) is 5.91 Å². The molecule has 2 fully saturated rings. The largest absolute Gasteiger partial charge is 0.444 e. The first kappa shape index (κ1) is 25.0. The highest BCUT2D eigenvalue weighted by Gasteiger charge is 2.39. The van der Waals surface area contributed by atoms with E-state index in [1.165, 1.54) is 6.07 Å². The van der Waals surface area contributed by atoms with Gasteiger partial charge in [-0.2, -0.15) is 0 Å². The Hall–Kier alpha value is -3.62. The summed E-state index contributed by atoms with van der Waals surface area (Å²) in [6.45, 7) is 8.34.